The molecule has 0 radical (unpaired) electrons. The van der Waals surface area contributed by atoms with Crippen LogP contribution in [0.2, 0.25) is 0 Å². The lowest BCUT2D eigenvalue weighted by atomic mass is 10.1. The standard InChI is InChI=1S/C13H11N5O3/c1-8-16-12(21-17-8)7-15-10-5-6-14-13-9(10)3-2-4-11(13)18(19)20/h2-6H,7H2,1H3,(H,14,15). The summed E-state index contributed by atoms with van der Waals surface area (Å²) in [7, 11) is 0. The minimum Gasteiger partial charge on any atom is -0.376 e. The molecule has 3 rings (SSSR count). The van der Waals surface area contributed by atoms with Gasteiger partial charge >= 0.3 is 0 Å². The second-order valence-corrected chi connectivity index (χ2v) is 4.38. The van der Waals surface area contributed by atoms with Gasteiger partial charge in [0.2, 0.25) is 5.89 Å². The molecule has 1 N–H and O–H groups in total. The van der Waals surface area contributed by atoms with Crippen LogP contribution in [0.4, 0.5) is 11.4 Å². The Morgan fingerprint density at radius 1 is 1.38 bits per heavy atom. The van der Waals surface area contributed by atoms with Gasteiger partial charge in [0.15, 0.2) is 5.82 Å². The van der Waals surface area contributed by atoms with E-state index in [1.54, 1.807) is 25.1 Å². The lowest BCUT2D eigenvalue weighted by Gasteiger charge is -2.07. The first-order valence-electron chi connectivity index (χ1n) is 6.20. The number of pyridine rings is 1. The fourth-order valence-electron chi connectivity index (χ4n) is 2.04. The van der Waals surface area contributed by atoms with E-state index in [9.17, 15) is 10.1 Å². The van der Waals surface area contributed by atoms with Gasteiger partial charge in [-0.15, -0.1) is 0 Å². The molecule has 0 fully saturated rings. The van der Waals surface area contributed by atoms with Crippen molar-refractivity contribution < 1.29 is 9.45 Å². The molecule has 0 unspecified atom stereocenters. The van der Waals surface area contributed by atoms with Crippen LogP contribution in [0.1, 0.15) is 11.7 Å². The Morgan fingerprint density at radius 2 is 2.24 bits per heavy atom. The number of nitrogens with one attached hydrogen (secondary N) is 1. The molecule has 0 atom stereocenters. The topological polar surface area (TPSA) is 107 Å². The number of non-ortho nitro benzene ring substituents is 1. The molecule has 0 aliphatic rings. The number of hydrogen-bond donors (Lipinski definition) is 1. The summed E-state index contributed by atoms with van der Waals surface area (Å²) in [6.45, 7) is 2.07. The van der Waals surface area contributed by atoms with Crippen molar-refractivity contribution in [3.63, 3.8) is 0 Å². The molecule has 1 aromatic carbocycles. The van der Waals surface area contributed by atoms with E-state index in [0.717, 1.165) is 5.69 Å². The van der Waals surface area contributed by atoms with E-state index < -0.39 is 4.92 Å². The van der Waals surface area contributed by atoms with E-state index in [1.165, 1.54) is 12.3 Å². The maximum atomic E-state index is 11.0. The Morgan fingerprint density at radius 3 is 2.95 bits per heavy atom. The van der Waals surface area contributed by atoms with Gasteiger partial charge in [-0.1, -0.05) is 17.3 Å². The number of anilines is 1. The minimum atomic E-state index is -0.444. The number of rotatable bonds is 4. The van der Waals surface area contributed by atoms with E-state index in [4.69, 9.17) is 4.52 Å². The van der Waals surface area contributed by atoms with Crippen LogP contribution >= 0.6 is 0 Å². The lowest BCUT2D eigenvalue weighted by Crippen LogP contribution is -2.01. The van der Waals surface area contributed by atoms with Gasteiger partial charge < -0.3 is 9.84 Å². The van der Waals surface area contributed by atoms with Gasteiger partial charge in [-0.3, -0.25) is 10.1 Å². The van der Waals surface area contributed by atoms with Gasteiger partial charge in [0, 0.05) is 23.3 Å². The second kappa shape index (κ2) is 5.16. The Labute approximate surface area is 119 Å². The van der Waals surface area contributed by atoms with Crippen molar-refractivity contribution in [1.29, 1.82) is 0 Å². The van der Waals surface area contributed by atoms with Crippen molar-refractivity contribution >= 4 is 22.3 Å². The van der Waals surface area contributed by atoms with Crippen LogP contribution in [0, 0.1) is 17.0 Å². The van der Waals surface area contributed by atoms with Crippen LogP contribution in [0.25, 0.3) is 10.9 Å². The molecule has 0 spiro atoms. The molecule has 8 nitrogen and oxygen atoms in total. The number of nitro groups is 1. The van der Waals surface area contributed by atoms with Crippen molar-refractivity contribution in [2.24, 2.45) is 0 Å². The van der Waals surface area contributed by atoms with Gasteiger partial charge in [-0.2, -0.15) is 4.98 Å². The first kappa shape index (κ1) is 13.0. The zero-order chi connectivity index (χ0) is 14.8. The van der Waals surface area contributed by atoms with E-state index >= 15 is 0 Å². The Kier molecular flexibility index (Phi) is 3.19. The van der Waals surface area contributed by atoms with E-state index in [1.807, 2.05) is 0 Å². The van der Waals surface area contributed by atoms with Gasteiger partial charge in [-0.25, -0.2) is 4.98 Å². The number of fused-ring (bicyclic) bond motifs is 1. The van der Waals surface area contributed by atoms with E-state index in [0.29, 0.717) is 29.2 Å². The number of benzene rings is 1. The van der Waals surface area contributed by atoms with E-state index in [2.05, 4.69) is 20.4 Å². The first-order valence-corrected chi connectivity index (χ1v) is 6.20. The van der Waals surface area contributed by atoms with Crippen molar-refractivity contribution in [3.8, 4) is 0 Å². The van der Waals surface area contributed by atoms with Gasteiger partial charge in [0.1, 0.15) is 5.52 Å². The van der Waals surface area contributed by atoms with Gasteiger partial charge in [-0.05, 0) is 13.0 Å². The average Bonchev–Trinajstić information content (AvgIpc) is 2.90. The molecule has 0 aliphatic carbocycles. The van der Waals surface area contributed by atoms with Crippen LogP contribution in [0.15, 0.2) is 35.0 Å². The second-order valence-electron chi connectivity index (χ2n) is 4.38. The Hall–Kier alpha value is -3.03. The zero-order valence-electron chi connectivity index (χ0n) is 11.1. The maximum absolute atomic E-state index is 11.0. The molecule has 0 bridgehead atoms. The highest BCUT2D eigenvalue weighted by molar-refractivity contribution is 5.96. The largest absolute Gasteiger partial charge is 0.376 e. The smallest absolute Gasteiger partial charge is 0.295 e. The summed E-state index contributed by atoms with van der Waals surface area (Å²) < 4.78 is 5.01. The maximum Gasteiger partial charge on any atom is 0.295 e. The highest BCUT2D eigenvalue weighted by atomic mass is 16.6. The molecule has 8 heteroatoms. The molecule has 2 aromatic heterocycles. The summed E-state index contributed by atoms with van der Waals surface area (Å²) in [6.07, 6.45) is 1.52. The predicted octanol–water partition coefficient (Wildman–Crippen LogP) is 2.45. The highest BCUT2D eigenvalue weighted by Gasteiger charge is 2.14. The van der Waals surface area contributed by atoms with Gasteiger partial charge in [0.25, 0.3) is 5.69 Å². The number of hydrogen-bond acceptors (Lipinski definition) is 7. The quantitative estimate of drug-likeness (QED) is 0.579. The zero-order valence-corrected chi connectivity index (χ0v) is 11.1. The minimum absolute atomic E-state index is 0.0233. The fourth-order valence-corrected chi connectivity index (χ4v) is 2.04. The van der Waals surface area contributed by atoms with Crippen LogP contribution in [-0.2, 0) is 6.54 Å². The average molecular weight is 285 g/mol. The first-order chi connectivity index (χ1) is 10.1. The summed E-state index contributed by atoms with van der Waals surface area (Å²) >= 11 is 0. The lowest BCUT2D eigenvalue weighted by molar-refractivity contribution is -0.383. The molecule has 0 saturated carbocycles. The number of aromatic nitrogens is 3. The molecule has 0 amide bonds. The molecule has 106 valence electrons. The normalized spacial score (nSPS) is 10.7. The third kappa shape index (κ3) is 2.50. The molecule has 3 aromatic rings. The van der Waals surface area contributed by atoms with Crippen LogP contribution in [-0.4, -0.2) is 20.0 Å². The summed E-state index contributed by atoms with van der Waals surface area (Å²) in [5.74, 6) is 1.00. The third-order valence-electron chi connectivity index (χ3n) is 2.95. The Balaban J connectivity index is 1.95. The monoisotopic (exact) mass is 285 g/mol. The third-order valence-corrected chi connectivity index (χ3v) is 2.95. The molecular formula is C13H11N5O3. The van der Waals surface area contributed by atoms with Crippen molar-refractivity contribution in [3.05, 3.63) is 52.3 Å². The summed E-state index contributed by atoms with van der Waals surface area (Å²) in [6, 6.07) is 6.58. The number of nitrogens with zero attached hydrogens (tertiary/aromatic N) is 4. The fraction of sp³-hybridized carbons (Fsp3) is 0.154. The highest BCUT2D eigenvalue weighted by Crippen LogP contribution is 2.28. The molecular weight excluding hydrogens is 274 g/mol. The number of para-hydroxylation sites is 1. The summed E-state index contributed by atoms with van der Waals surface area (Å²) in [4.78, 5) is 18.8. The summed E-state index contributed by atoms with van der Waals surface area (Å²) in [5.41, 5.74) is 1.04. The van der Waals surface area contributed by atoms with Crippen molar-refractivity contribution in [1.82, 2.24) is 15.1 Å². The number of aryl methyl sites for hydroxylation is 1. The SMILES string of the molecule is Cc1noc(CNc2ccnc3c([N+](=O)[O-])cccc23)n1. The molecule has 21 heavy (non-hydrogen) atoms. The van der Waals surface area contributed by atoms with Crippen LogP contribution < -0.4 is 5.32 Å². The van der Waals surface area contributed by atoms with Gasteiger partial charge in [0.05, 0.1) is 11.5 Å². The van der Waals surface area contributed by atoms with Crippen molar-refractivity contribution in [2.75, 3.05) is 5.32 Å². The van der Waals surface area contributed by atoms with E-state index in [-0.39, 0.29) is 5.69 Å². The van der Waals surface area contributed by atoms with Crippen LogP contribution in [0.5, 0.6) is 0 Å². The predicted molar refractivity (Wildman–Crippen MR) is 74.8 cm³/mol. The van der Waals surface area contributed by atoms with Crippen LogP contribution in [0.3, 0.4) is 0 Å². The molecule has 0 aliphatic heterocycles. The number of nitro benzene ring substituents is 1. The summed E-state index contributed by atoms with van der Waals surface area (Å²) in [5, 5.41) is 18.5. The molecule has 0 saturated heterocycles. The Bertz CT molecular complexity index is 814. The molecule has 2 heterocycles. The van der Waals surface area contributed by atoms with Crippen molar-refractivity contribution in [2.45, 2.75) is 13.5 Å².